The van der Waals surface area contributed by atoms with Crippen LogP contribution >= 0.6 is 44.5 Å². The van der Waals surface area contributed by atoms with E-state index in [-0.39, 0.29) is 58.1 Å². The molecule has 1 aromatic rings. The number of nitrogens with two attached hydrogens (primary N) is 1. The van der Waals surface area contributed by atoms with Gasteiger partial charge in [-0.15, -0.1) is 23.6 Å². The van der Waals surface area contributed by atoms with Crippen molar-refractivity contribution in [3.63, 3.8) is 0 Å². The number of alkyl halides is 1. The Hall–Kier alpha value is -2.71. The maximum atomic E-state index is 13.7. The van der Waals surface area contributed by atoms with E-state index in [1.54, 1.807) is 14.1 Å². The van der Waals surface area contributed by atoms with Gasteiger partial charge in [0, 0.05) is 11.5 Å². The molecule has 11 nitrogen and oxygen atoms in total. The average Bonchev–Trinajstić information content (AvgIpc) is 2.83. The number of Topliss-reactive ketones (excluding diaryl/α,β-unsaturated/α-hetero) is 2. The lowest BCUT2D eigenvalue weighted by molar-refractivity contribution is -0.148. The second-order valence-electron chi connectivity index (χ2n) is 10.1. The van der Waals surface area contributed by atoms with Crippen molar-refractivity contribution in [1.82, 2.24) is 4.90 Å². The molecule has 1 aromatic carbocycles. The Morgan fingerprint density at radius 1 is 1.32 bits per heavy atom. The third-order valence-corrected chi connectivity index (χ3v) is 8.66. The van der Waals surface area contributed by atoms with Crippen molar-refractivity contribution in [2.24, 2.45) is 17.6 Å². The van der Waals surface area contributed by atoms with Crippen molar-refractivity contribution >= 4 is 73.6 Å². The number of nitrogens with zero attached hydrogens (tertiary/aromatic N) is 1. The van der Waals surface area contributed by atoms with Gasteiger partial charge in [-0.05, 0) is 50.9 Å². The van der Waals surface area contributed by atoms with Gasteiger partial charge in [0.1, 0.15) is 22.8 Å². The van der Waals surface area contributed by atoms with Crippen molar-refractivity contribution in [2.75, 3.05) is 19.4 Å². The minimum atomic E-state index is -2.74. The number of benzene rings is 1. The molecular weight excluding hydrogens is 678 g/mol. The minimum Gasteiger partial charge on any atom is -0.510 e. The quantitative estimate of drug-likeness (QED) is 0.112. The zero-order valence-corrected chi connectivity index (χ0v) is 25.5. The van der Waals surface area contributed by atoms with Crippen molar-refractivity contribution in [3.05, 3.63) is 57.5 Å². The molecular formula is C26H28Br2ClN3O8. The average molecular weight is 706 g/mol. The molecule has 0 fully saturated rings. The molecule has 0 aliphatic heterocycles. The number of rotatable bonds is 6. The molecule has 3 aliphatic carbocycles. The zero-order chi connectivity index (χ0) is 29.1. The summed E-state index contributed by atoms with van der Waals surface area (Å²) in [5.74, 6) is -8.19. The van der Waals surface area contributed by atoms with Crippen molar-refractivity contribution in [2.45, 2.75) is 35.7 Å². The minimum absolute atomic E-state index is 0. The highest BCUT2D eigenvalue weighted by molar-refractivity contribution is 9.10. The number of carbonyl (C=O) groups is 4. The van der Waals surface area contributed by atoms with Crippen LogP contribution in [0.3, 0.4) is 0 Å². The summed E-state index contributed by atoms with van der Waals surface area (Å²) < 4.78 is 0. The van der Waals surface area contributed by atoms with Gasteiger partial charge < -0.3 is 31.5 Å². The van der Waals surface area contributed by atoms with Crippen LogP contribution in [0.1, 0.15) is 28.8 Å². The van der Waals surface area contributed by atoms with Crippen LogP contribution in [0.15, 0.2) is 41.4 Å². The van der Waals surface area contributed by atoms with Crippen molar-refractivity contribution in [3.8, 4) is 5.75 Å². The van der Waals surface area contributed by atoms with E-state index in [2.05, 4.69) is 27.8 Å². The number of hydrogen-bond donors (Lipinski definition) is 6. The summed E-state index contributed by atoms with van der Waals surface area (Å²) >= 11 is 9.56. The maximum Gasteiger partial charge on any atom is 0.255 e. The van der Waals surface area contributed by atoms with E-state index in [0.29, 0.717) is 5.56 Å². The topological polar surface area (TPSA) is 190 Å². The number of nitrogens with one attached hydrogen (secondary N) is 1. The van der Waals surface area contributed by atoms with Crippen LogP contribution in [0.2, 0.25) is 5.02 Å². The Labute approximate surface area is 253 Å². The molecule has 14 heteroatoms. The van der Waals surface area contributed by atoms with Gasteiger partial charge in [0.15, 0.2) is 17.1 Å². The summed E-state index contributed by atoms with van der Waals surface area (Å²) in [5, 5.41) is 47.2. The number of amides is 2. The molecule has 40 heavy (non-hydrogen) atoms. The molecule has 0 bridgehead atoms. The largest absolute Gasteiger partial charge is 0.510 e. The fraction of sp³-hybridized carbons (Fsp3) is 0.385. The summed E-state index contributed by atoms with van der Waals surface area (Å²) in [5.41, 5.74) is 1.24. The predicted octanol–water partition coefficient (Wildman–Crippen LogP) is 2.63. The van der Waals surface area contributed by atoms with E-state index in [0.717, 1.165) is 0 Å². The van der Waals surface area contributed by atoms with E-state index >= 15 is 0 Å². The third kappa shape index (κ3) is 4.67. The number of aromatic hydroxyl groups is 1. The number of ketones is 2. The summed E-state index contributed by atoms with van der Waals surface area (Å²) in [6, 6.07) is 0.339. The molecule has 4 rings (SSSR count). The number of phenols is 1. The highest BCUT2D eigenvalue weighted by atomic mass is 79.9. The number of likely N-dealkylation sites (N-methyl/N-ethyl adjacent to an activating group) is 1. The lowest BCUT2D eigenvalue weighted by Gasteiger charge is -2.50. The van der Waals surface area contributed by atoms with E-state index < -0.39 is 74.5 Å². The van der Waals surface area contributed by atoms with Crippen LogP contribution in [-0.2, 0) is 20.8 Å². The van der Waals surface area contributed by atoms with Gasteiger partial charge in [0.2, 0.25) is 11.7 Å². The first-order valence-electron chi connectivity index (χ1n) is 11.9. The Morgan fingerprint density at radius 2 is 1.95 bits per heavy atom. The van der Waals surface area contributed by atoms with Gasteiger partial charge >= 0.3 is 0 Å². The van der Waals surface area contributed by atoms with E-state index in [9.17, 15) is 39.6 Å². The van der Waals surface area contributed by atoms with Gasteiger partial charge in [-0.1, -0.05) is 33.6 Å². The molecule has 0 spiro atoms. The second kappa shape index (κ2) is 11.3. The summed E-state index contributed by atoms with van der Waals surface area (Å²) in [6.07, 6.45) is 1.82. The molecule has 0 radical (unpaired) electrons. The lowest BCUT2D eigenvalue weighted by Crippen LogP contribution is -2.63. The standard InChI is InChI=1S/C26H27BrClN3O8.BrH/c1-4-5-12(27)25(38)30-17-13(28)8-10-6-9-7-11-18(31(2)3)21(34)16(24(29)37)23(36)26(11,39)22(35)15(9)19(32)14(10)20(17)33;/h4,8-9,11-12,18,33-35,39H,1,5-7H2,2-3H3,(H2,29,37)(H,30,38);1H/t9?,11?,12?,18-,26?;/m0./s1. The molecule has 7 N–H and O–H groups in total. The van der Waals surface area contributed by atoms with Crippen LogP contribution in [0.5, 0.6) is 5.75 Å². The Kier molecular flexibility index (Phi) is 8.97. The van der Waals surface area contributed by atoms with E-state index in [1.165, 1.54) is 17.0 Å². The van der Waals surface area contributed by atoms with Gasteiger partial charge in [0.05, 0.1) is 21.5 Å². The molecule has 0 saturated carbocycles. The number of halogens is 3. The molecule has 0 aromatic heterocycles. The molecule has 3 aliphatic rings. The predicted molar refractivity (Wildman–Crippen MR) is 155 cm³/mol. The highest BCUT2D eigenvalue weighted by Crippen LogP contribution is 2.53. The smallest absolute Gasteiger partial charge is 0.255 e. The Bertz CT molecular complexity index is 1410. The molecule has 2 amide bonds. The Morgan fingerprint density at radius 3 is 2.50 bits per heavy atom. The summed E-state index contributed by atoms with van der Waals surface area (Å²) in [6.45, 7) is 3.56. The molecule has 5 atom stereocenters. The van der Waals surface area contributed by atoms with E-state index in [1.807, 2.05) is 0 Å². The van der Waals surface area contributed by atoms with Crippen LogP contribution < -0.4 is 11.1 Å². The lowest BCUT2D eigenvalue weighted by atomic mass is 9.58. The maximum absolute atomic E-state index is 13.7. The van der Waals surface area contributed by atoms with Crippen molar-refractivity contribution < 1.29 is 39.6 Å². The van der Waals surface area contributed by atoms with Gasteiger partial charge in [-0.2, -0.15) is 0 Å². The molecule has 0 heterocycles. The van der Waals surface area contributed by atoms with Crippen LogP contribution in [0.25, 0.3) is 0 Å². The van der Waals surface area contributed by atoms with Crippen LogP contribution in [-0.4, -0.2) is 79.3 Å². The number of allylic oxidation sites excluding steroid dienone is 2. The zero-order valence-electron chi connectivity index (χ0n) is 21.4. The second-order valence-corrected chi connectivity index (χ2v) is 11.6. The summed E-state index contributed by atoms with van der Waals surface area (Å²) in [4.78, 5) is 52.4. The molecule has 0 saturated heterocycles. The van der Waals surface area contributed by atoms with E-state index in [4.69, 9.17) is 17.3 Å². The van der Waals surface area contributed by atoms with Gasteiger partial charge in [0.25, 0.3) is 5.91 Å². The molecule has 216 valence electrons. The third-order valence-electron chi connectivity index (χ3n) is 7.57. The first-order chi connectivity index (χ1) is 18.2. The SMILES string of the molecule is Br.C=CCC(Br)C(=O)Nc1c(Cl)cc2c(c1O)C(=O)C1=C(O)C3(O)C(=O)C(C(N)=O)=C(O)[C@@H](N(C)C)C3CC1C2. The normalized spacial score (nSPS) is 26.4. The number of aliphatic hydroxyl groups excluding tert-OH is 2. The number of primary amides is 1. The number of anilines is 1. The highest BCUT2D eigenvalue weighted by Gasteiger charge is 2.63. The monoisotopic (exact) mass is 703 g/mol. The van der Waals surface area contributed by atoms with Crippen LogP contribution in [0, 0.1) is 11.8 Å². The number of aliphatic hydroxyl groups is 3. The summed E-state index contributed by atoms with van der Waals surface area (Å²) in [7, 11) is 3.10. The number of hydrogen-bond acceptors (Lipinski definition) is 9. The molecule has 4 unspecified atom stereocenters. The van der Waals surface area contributed by atoms with Gasteiger partial charge in [-0.25, -0.2) is 0 Å². The number of fused-ring (bicyclic) bond motifs is 3. The van der Waals surface area contributed by atoms with Crippen molar-refractivity contribution in [1.29, 1.82) is 0 Å². The first-order valence-corrected chi connectivity index (χ1v) is 13.2. The Balaban J connectivity index is 0.00000441. The van der Waals surface area contributed by atoms with Gasteiger partial charge in [-0.3, -0.25) is 24.1 Å². The van der Waals surface area contributed by atoms with Crippen LogP contribution in [0.4, 0.5) is 5.69 Å². The first kappa shape index (κ1) is 31.8. The number of phenolic OH excluding ortho intramolecular Hbond substituents is 1. The fourth-order valence-corrected chi connectivity index (χ4v) is 6.49. The number of carbonyl (C=O) groups excluding carboxylic acids is 4. The fourth-order valence-electron chi connectivity index (χ4n) is 5.84.